The second kappa shape index (κ2) is 5.19. The number of hydrogen-bond donors (Lipinski definition) is 0. The lowest BCUT2D eigenvalue weighted by atomic mass is 10.1. The molecule has 0 amide bonds. The molecule has 0 N–H and O–H groups in total. The van der Waals surface area contributed by atoms with Gasteiger partial charge in [0, 0.05) is 0 Å². The molecular formula is C8H15F2NO. The number of rotatable bonds is 2. The molecule has 0 aliphatic carbocycles. The molecule has 1 heterocycles. The van der Waals surface area contributed by atoms with Gasteiger partial charge in [0.25, 0.3) is 0 Å². The fourth-order valence-corrected chi connectivity index (χ4v) is 1.45. The first-order valence-corrected chi connectivity index (χ1v) is 4.15. The molecule has 1 saturated heterocycles. The number of carbonyl (C=O) groups is 1. The summed E-state index contributed by atoms with van der Waals surface area (Å²) in [6, 6.07) is -1.72. The van der Waals surface area contributed by atoms with E-state index in [-0.39, 0.29) is 4.70 Å². The summed E-state index contributed by atoms with van der Waals surface area (Å²) >= 11 is 0. The Morgan fingerprint density at radius 2 is 1.83 bits per heavy atom. The minimum atomic E-state index is -1.20. The van der Waals surface area contributed by atoms with Crippen LogP contribution >= 0.6 is 0 Å². The van der Waals surface area contributed by atoms with Crippen LogP contribution in [0.25, 0.3) is 0 Å². The van der Waals surface area contributed by atoms with Crippen molar-refractivity contribution < 1.29 is 13.9 Å². The molecule has 0 saturated carbocycles. The van der Waals surface area contributed by atoms with E-state index in [1.165, 1.54) is 6.42 Å². The van der Waals surface area contributed by atoms with Gasteiger partial charge >= 0.3 is 6.04 Å². The minimum Gasteiger partial charge on any atom is -0.291 e. The van der Waals surface area contributed by atoms with Crippen molar-refractivity contribution in [3.8, 4) is 0 Å². The number of hydrogen-bond acceptors (Lipinski definition) is 2. The third-order valence-corrected chi connectivity index (χ3v) is 2.27. The Kier molecular flexibility index (Phi) is 4.97. The summed E-state index contributed by atoms with van der Waals surface area (Å²) in [4.78, 5) is 12.2. The predicted octanol–water partition coefficient (Wildman–Crippen LogP) is 1.51. The highest BCUT2D eigenvalue weighted by atomic mass is 19.1. The van der Waals surface area contributed by atoms with Crippen LogP contribution in [-0.4, -0.2) is 30.1 Å². The minimum absolute atomic E-state index is 0. The number of halogens is 2. The third-order valence-electron chi connectivity index (χ3n) is 2.27. The van der Waals surface area contributed by atoms with Crippen LogP contribution in [0.3, 0.4) is 0 Å². The quantitative estimate of drug-likeness (QED) is 0.599. The molecule has 0 aromatic heterocycles. The van der Waals surface area contributed by atoms with Gasteiger partial charge in [-0.15, -0.1) is 0 Å². The van der Waals surface area contributed by atoms with Crippen molar-refractivity contribution in [3.05, 3.63) is 0 Å². The lowest BCUT2D eigenvalue weighted by molar-refractivity contribution is -0.134. The van der Waals surface area contributed by atoms with E-state index in [1.807, 2.05) is 4.90 Å². The van der Waals surface area contributed by atoms with Crippen LogP contribution in [0.5, 0.6) is 0 Å². The fraction of sp³-hybridized carbons (Fsp3) is 0.875. The first-order chi connectivity index (χ1) is 5.22. The summed E-state index contributed by atoms with van der Waals surface area (Å²) in [5, 5.41) is 0. The maximum Gasteiger partial charge on any atom is 0.318 e. The van der Waals surface area contributed by atoms with E-state index in [4.69, 9.17) is 0 Å². The summed E-state index contributed by atoms with van der Waals surface area (Å²) in [5.74, 6) is 0. The van der Waals surface area contributed by atoms with E-state index in [0.717, 1.165) is 25.9 Å². The molecule has 0 bridgehead atoms. The summed E-state index contributed by atoms with van der Waals surface area (Å²) in [7, 11) is 0. The summed E-state index contributed by atoms with van der Waals surface area (Å²) in [6.07, 6.45) is 3.40. The van der Waals surface area contributed by atoms with E-state index in [2.05, 4.69) is 0 Å². The molecule has 0 spiro atoms. The molecule has 1 aliphatic heterocycles. The van der Waals surface area contributed by atoms with Gasteiger partial charge in [-0.2, -0.15) is 4.39 Å². The van der Waals surface area contributed by atoms with Gasteiger partial charge in [0.15, 0.2) is 0 Å². The first-order valence-electron chi connectivity index (χ1n) is 4.15. The van der Waals surface area contributed by atoms with Gasteiger partial charge in [-0.3, -0.25) is 14.4 Å². The molecule has 1 fully saturated rings. The zero-order valence-corrected chi connectivity index (χ0v) is 7.25. The first kappa shape index (κ1) is 11.5. The number of likely N-dealkylation sites (tertiary alicyclic amines) is 1. The van der Waals surface area contributed by atoms with E-state index in [9.17, 15) is 9.18 Å². The monoisotopic (exact) mass is 179 g/mol. The number of carbonyl (C=O) groups excluding carboxylic acids is 1. The van der Waals surface area contributed by atoms with Crippen molar-refractivity contribution in [1.29, 1.82) is 0 Å². The highest BCUT2D eigenvalue weighted by molar-refractivity contribution is 5.73. The largest absolute Gasteiger partial charge is 0.318 e. The Labute approximate surface area is 71.1 Å². The number of nitrogens with zero attached hydrogens (tertiary/aromatic N) is 1. The van der Waals surface area contributed by atoms with Crippen LogP contribution in [0, 0.1) is 0 Å². The van der Waals surface area contributed by atoms with Crippen LogP contribution in [0.4, 0.5) is 9.09 Å². The molecule has 0 aromatic carbocycles. The molecule has 1 unspecified atom stereocenters. The molecular weight excluding hydrogens is 164 g/mol. The summed E-state index contributed by atoms with van der Waals surface area (Å²) in [6.45, 7) is 3.38. The molecule has 1 atom stereocenters. The standard InChI is InChI=1S/C8H14FNO.FH/c1-7(8(9)11)10-5-3-2-4-6-10;/h7H,2-6H2,1H3;1H. The predicted molar refractivity (Wildman–Crippen MR) is 43.5 cm³/mol. The molecule has 0 aromatic rings. The lowest BCUT2D eigenvalue weighted by Crippen LogP contribution is -2.40. The van der Waals surface area contributed by atoms with Crippen LogP contribution in [-0.2, 0) is 4.79 Å². The van der Waals surface area contributed by atoms with Crippen molar-refractivity contribution in [1.82, 2.24) is 4.90 Å². The number of piperidine rings is 1. The van der Waals surface area contributed by atoms with E-state index >= 15 is 0 Å². The normalized spacial score (nSPS) is 21.2. The van der Waals surface area contributed by atoms with Crippen LogP contribution in [0.2, 0.25) is 0 Å². The Balaban J connectivity index is 0.00000121. The molecule has 12 heavy (non-hydrogen) atoms. The average molecular weight is 179 g/mol. The topological polar surface area (TPSA) is 20.3 Å². The van der Waals surface area contributed by atoms with Gasteiger partial charge in [-0.25, -0.2) is 0 Å². The third kappa shape index (κ3) is 2.85. The van der Waals surface area contributed by atoms with Crippen LogP contribution in [0.1, 0.15) is 26.2 Å². The van der Waals surface area contributed by atoms with Crippen molar-refractivity contribution in [2.45, 2.75) is 32.2 Å². The maximum absolute atomic E-state index is 12.2. The van der Waals surface area contributed by atoms with Crippen molar-refractivity contribution in [2.75, 3.05) is 13.1 Å². The summed E-state index contributed by atoms with van der Waals surface area (Å²) in [5.41, 5.74) is 0. The average Bonchev–Trinajstić information content (AvgIpc) is 2.05. The van der Waals surface area contributed by atoms with Crippen molar-refractivity contribution in [3.63, 3.8) is 0 Å². The van der Waals surface area contributed by atoms with Crippen LogP contribution in [0.15, 0.2) is 0 Å². The Morgan fingerprint density at radius 3 is 2.25 bits per heavy atom. The zero-order chi connectivity index (χ0) is 8.27. The lowest BCUT2D eigenvalue weighted by Gasteiger charge is -2.29. The molecule has 1 aliphatic rings. The maximum atomic E-state index is 12.2. The Bertz CT molecular complexity index is 146. The Morgan fingerprint density at radius 1 is 1.33 bits per heavy atom. The van der Waals surface area contributed by atoms with Gasteiger partial charge < -0.3 is 0 Å². The van der Waals surface area contributed by atoms with E-state index in [1.54, 1.807) is 6.92 Å². The van der Waals surface area contributed by atoms with Gasteiger partial charge in [0.2, 0.25) is 0 Å². The molecule has 0 radical (unpaired) electrons. The zero-order valence-electron chi connectivity index (χ0n) is 7.25. The SMILES string of the molecule is CC(C(=O)F)N1CCCCC1.F. The second-order valence-corrected chi connectivity index (χ2v) is 3.08. The van der Waals surface area contributed by atoms with Gasteiger partial charge in [-0.05, 0) is 32.9 Å². The van der Waals surface area contributed by atoms with Crippen molar-refractivity contribution >= 4 is 6.04 Å². The highest BCUT2D eigenvalue weighted by Crippen LogP contribution is 2.12. The molecule has 1 rings (SSSR count). The van der Waals surface area contributed by atoms with Gasteiger partial charge in [0.05, 0.1) is 6.04 Å². The smallest absolute Gasteiger partial charge is 0.291 e. The molecule has 4 heteroatoms. The van der Waals surface area contributed by atoms with Crippen LogP contribution < -0.4 is 0 Å². The molecule has 72 valence electrons. The van der Waals surface area contributed by atoms with Gasteiger partial charge in [0.1, 0.15) is 0 Å². The van der Waals surface area contributed by atoms with Crippen molar-refractivity contribution in [2.24, 2.45) is 0 Å². The van der Waals surface area contributed by atoms with Gasteiger partial charge in [-0.1, -0.05) is 6.42 Å². The Hall–Kier alpha value is -0.510. The fourth-order valence-electron chi connectivity index (χ4n) is 1.45. The van der Waals surface area contributed by atoms with E-state index < -0.39 is 12.1 Å². The summed E-state index contributed by atoms with van der Waals surface area (Å²) < 4.78 is 12.2. The highest BCUT2D eigenvalue weighted by Gasteiger charge is 2.21. The molecule has 2 nitrogen and oxygen atoms in total. The second-order valence-electron chi connectivity index (χ2n) is 3.08. The van der Waals surface area contributed by atoms with E-state index in [0.29, 0.717) is 0 Å².